The molecule has 3 heterocycles. The van der Waals surface area contributed by atoms with Gasteiger partial charge < -0.3 is 10.5 Å². The SMILES string of the molecule is COC(=O)c1cccc2nc(C(C)N)c(-c3cncc(F)c3)n12. The van der Waals surface area contributed by atoms with Crippen molar-refractivity contribution < 1.29 is 13.9 Å². The number of nitrogens with zero attached hydrogens (tertiary/aromatic N) is 3. The number of esters is 1. The zero-order valence-corrected chi connectivity index (χ0v) is 12.7. The fraction of sp³-hybridized carbons (Fsp3) is 0.188. The maximum Gasteiger partial charge on any atom is 0.355 e. The molecule has 6 nitrogen and oxygen atoms in total. The van der Waals surface area contributed by atoms with Crippen molar-refractivity contribution in [2.45, 2.75) is 13.0 Å². The molecule has 0 aliphatic heterocycles. The minimum absolute atomic E-state index is 0.281. The molecule has 0 aliphatic carbocycles. The molecule has 2 N–H and O–H groups in total. The molecule has 3 aromatic heterocycles. The number of imidazole rings is 1. The van der Waals surface area contributed by atoms with Crippen molar-refractivity contribution in [1.29, 1.82) is 0 Å². The summed E-state index contributed by atoms with van der Waals surface area (Å²) in [5.41, 5.74) is 8.38. The van der Waals surface area contributed by atoms with Gasteiger partial charge in [-0.1, -0.05) is 6.07 Å². The molecule has 0 fully saturated rings. The van der Waals surface area contributed by atoms with E-state index < -0.39 is 17.8 Å². The molecule has 0 amide bonds. The van der Waals surface area contributed by atoms with Crippen LogP contribution in [0.2, 0.25) is 0 Å². The number of pyridine rings is 2. The van der Waals surface area contributed by atoms with Gasteiger partial charge >= 0.3 is 5.97 Å². The average Bonchev–Trinajstić information content (AvgIpc) is 2.93. The topological polar surface area (TPSA) is 82.5 Å². The molecule has 0 saturated heterocycles. The Hall–Kier alpha value is -2.80. The third-order valence-electron chi connectivity index (χ3n) is 3.47. The average molecular weight is 314 g/mol. The largest absolute Gasteiger partial charge is 0.464 e. The van der Waals surface area contributed by atoms with Gasteiger partial charge in [-0.05, 0) is 25.1 Å². The van der Waals surface area contributed by atoms with E-state index in [9.17, 15) is 9.18 Å². The summed E-state index contributed by atoms with van der Waals surface area (Å²) in [5, 5.41) is 0. The van der Waals surface area contributed by atoms with Gasteiger partial charge in [-0.25, -0.2) is 14.2 Å². The fourth-order valence-corrected chi connectivity index (χ4v) is 2.51. The van der Waals surface area contributed by atoms with Crippen LogP contribution in [-0.2, 0) is 4.74 Å². The zero-order chi connectivity index (χ0) is 16.6. The first-order valence-corrected chi connectivity index (χ1v) is 6.99. The Bertz CT molecular complexity index is 889. The van der Waals surface area contributed by atoms with Gasteiger partial charge in [-0.15, -0.1) is 0 Å². The number of halogens is 1. The summed E-state index contributed by atoms with van der Waals surface area (Å²) in [7, 11) is 1.30. The van der Waals surface area contributed by atoms with Crippen LogP contribution in [-0.4, -0.2) is 27.4 Å². The van der Waals surface area contributed by atoms with E-state index >= 15 is 0 Å². The molecular weight excluding hydrogens is 299 g/mol. The van der Waals surface area contributed by atoms with E-state index in [-0.39, 0.29) is 5.69 Å². The zero-order valence-electron chi connectivity index (χ0n) is 12.7. The molecule has 0 radical (unpaired) electrons. The van der Waals surface area contributed by atoms with E-state index in [1.807, 2.05) is 0 Å². The van der Waals surface area contributed by atoms with Gasteiger partial charge in [0.05, 0.1) is 24.7 Å². The van der Waals surface area contributed by atoms with Gasteiger partial charge in [0.25, 0.3) is 0 Å². The number of nitrogens with two attached hydrogens (primary N) is 1. The monoisotopic (exact) mass is 314 g/mol. The number of hydrogen-bond acceptors (Lipinski definition) is 5. The lowest BCUT2D eigenvalue weighted by atomic mass is 10.1. The van der Waals surface area contributed by atoms with Gasteiger partial charge in [-0.3, -0.25) is 9.38 Å². The molecule has 3 rings (SSSR count). The highest BCUT2D eigenvalue weighted by atomic mass is 19.1. The van der Waals surface area contributed by atoms with Gasteiger partial charge in [0, 0.05) is 17.8 Å². The third-order valence-corrected chi connectivity index (χ3v) is 3.47. The van der Waals surface area contributed by atoms with Crippen LogP contribution in [0.4, 0.5) is 4.39 Å². The Morgan fingerprint density at radius 3 is 2.83 bits per heavy atom. The van der Waals surface area contributed by atoms with E-state index in [1.54, 1.807) is 29.5 Å². The maximum atomic E-state index is 13.6. The molecule has 1 atom stereocenters. The van der Waals surface area contributed by atoms with Crippen LogP contribution >= 0.6 is 0 Å². The third kappa shape index (κ3) is 2.55. The van der Waals surface area contributed by atoms with Gasteiger partial charge in [-0.2, -0.15) is 0 Å². The van der Waals surface area contributed by atoms with Crippen LogP contribution in [0, 0.1) is 5.82 Å². The van der Waals surface area contributed by atoms with Crippen LogP contribution in [0.5, 0.6) is 0 Å². The molecule has 0 aromatic carbocycles. The number of carbonyl (C=O) groups excluding carboxylic acids is 1. The van der Waals surface area contributed by atoms with Crippen molar-refractivity contribution in [1.82, 2.24) is 14.4 Å². The van der Waals surface area contributed by atoms with Crippen molar-refractivity contribution in [2.75, 3.05) is 7.11 Å². The molecule has 0 aliphatic rings. The van der Waals surface area contributed by atoms with Crippen LogP contribution < -0.4 is 5.73 Å². The number of methoxy groups -OCH3 is 1. The lowest BCUT2D eigenvalue weighted by Gasteiger charge is -2.10. The molecule has 23 heavy (non-hydrogen) atoms. The number of rotatable bonds is 3. The molecule has 7 heteroatoms. The lowest BCUT2D eigenvalue weighted by molar-refractivity contribution is 0.0592. The minimum atomic E-state index is -0.519. The molecule has 3 aromatic rings. The van der Waals surface area contributed by atoms with Gasteiger partial charge in [0.2, 0.25) is 0 Å². The van der Waals surface area contributed by atoms with Crippen LogP contribution in [0.25, 0.3) is 16.9 Å². The molecule has 1 unspecified atom stereocenters. The highest BCUT2D eigenvalue weighted by Crippen LogP contribution is 2.29. The Morgan fingerprint density at radius 1 is 1.39 bits per heavy atom. The van der Waals surface area contributed by atoms with Crippen LogP contribution in [0.1, 0.15) is 29.1 Å². The normalized spacial score (nSPS) is 12.3. The summed E-state index contributed by atoms with van der Waals surface area (Å²) in [5.74, 6) is -1.00. The summed E-state index contributed by atoms with van der Waals surface area (Å²) in [4.78, 5) is 20.4. The second-order valence-corrected chi connectivity index (χ2v) is 5.12. The smallest absolute Gasteiger partial charge is 0.355 e. The summed E-state index contributed by atoms with van der Waals surface area (Å²) in [6.07, 6.45) is 2.62. The quantitative estimate of drug-likeness (QED) is 0.750. The first-order valence-electron chi connectivity index (χ1n) is 6.99. The van der Waals surface area contributed by atoms with E-state index in [0.29, 0.717) is 22.6 Å². The second-order valence-electron chi connectivity index (χ2n) is 5.12. The summed E-state index contributed by atoms with van der Waals surface area (Å²) >= 11 is 0. The van der Waals surface area contributed by atoms with E-state index in [4.69, 9.17) is 10.5 Å². The Labute approximate surface area is 131 Å². The summed E-state index contributed by atoms with van der Waals surface area (Å²) in [6.45, 7) is 1.77. The molecule has 118 valence electrons. The first kappa shape index (κ1) is 15.1. The Kier molecular flexibility index (Phi) is 3.79. The predicted molar refractivity (Wildman–Crippen MR) is 82.3 cm³/mol. The number of carbonyl (C=O) groups is 1. The number of ether oxygens (including phenoxy) is 1. The van der Waals surface area contributed by atoms with Crippen LogP contribution in [0.3, 0.4) is 0 Å². The predicted octanol–water partition coefficient (Wildman–Crippen LogP) is 2.34. The Balaban J connectivity index is 2.41. The molecule has 0 spiro atoms. The van der Waals surface area contributed by atoms with E-state index in [1.165, 1.54) is 19.4 Å². The second kappa shape index (κ2) is 5.77. The van der Waals surface area contributed by atoms with Crippen molar-refractivity contribution in [3.63, 3.8) is 0 Å². The Morgan fingerprint density at radius 2 is 2.17 bits per heavy atom. The summed E-state index contributed by atoms with van der Waals surface area (Å²) < 4.78 is 20.0. The molecular formula is C16H15FN4O2. The number of hydrogen-bond donors (Lipinski definition) is 1. The van der Waals surface area contributed by atoms with Crippen molar-refractivity contribution >= 4 is 11.6 Å². The van der Waals surface area contributed by atoms with E-state index in [2.05, 4.69) is 9.97 Å². The van der Waals surface area contributed by atoms with Crippen molar-refractivity contribution in [3.05, 3.63) is 53.9 Å². The standard InChI is InChI=1S/C16H15FN4O2/c1-9(18)14-15(10-6-11(17)8-19-7-10)21-12(16(22)23-2)4-3-5-13(21)20-14/h3-9H,18H2,1-2H3. The number of aromatic nitrogens is 3. The fourth-order valence-electron chi connectivity index (χ4n) is 2.51. The first-order chi connectivity index (χ1) is 11.0. The van der Waals surface area contributed by atoms with Gasteiger partial charge in [0.15, 0.2) is 0 Å². The van der Waals surface area contributed by atoms with Gasteiger partial charge in [0.1, 0.15) is 17.2 Å². The summed E-state index contributed by atoms with van der Waals surface area (Å²) in [6, 6.07) is 5.98. The van der Waals surface area contributed by atoms with Crippen molar-refractivity contribution in [3.8, 4) is 11.3 Å². The molecule has 0 saturated carbocycles. The minimum Gasteiger partial charge on any atom is -0.464 e. The molecule has 0 bridgehead atoms. The van der Waals surface area contributed by atoms with Crippen LogP contribution in [0.15, 0.2) is 36.7 Å². The van der Waals surface area contributed by atoms with Crippen molar-refractivity contribution in [2.24, 2.45) is 5.73 Å². The maximum absolute atomic E-state index is 13.6. The number of fused-ring (bicyclic) bond motifs is 1. The highest BCUT2D eigenvalue weighted by Gasteiger charge is 2.22. The highest BCUT2D eigenvalue weighted by molar-refractivity contribution is 5.89. The van der Waals surface area contributed by atoms with E-state index in [0.717, 1.165) is 6.20 Å². The lowest BCUT2D eigenvalue weighted by Crippen LogP contribution is -2.10.